The van der Waals surface area contributed by atoms with Gasteiger partial charge in [0.15, 0.2) is 17.7 Å². The summed E-state index contributed by atoms with van der Waals surface area (Å²) < 4.78 is 18.2. The maximum atomic E-state index is 13.6. The van der Waals surface area contributed by atoms with Crippen LogP contribution in [0.4, 0.5) is 4.39 Å². The summed E-state index contributed by atoms with van der Waals surface area (Å²) in [5.74, 6) is -2.53. The summed E-state index contributed by atoms with van der Waals surface area (Å²) in [6.07, 6.45) is -1.70. The van der Waals surface area contributed by atoms with Crippen molar-refractivity contribution in [3.8, 4) is 5.75 Å². The molecule has 5 nitrogen and oxygen atoms in total. The number of rotatable bonds is 5. The molecule has 1 atom stereocenters. The SMILES string of the molecule is CCOC(=O)C(O)c1cc(CN(C)C)cc(F)c1O. The number of phenolic OH excluding ortho intramolecular Hbond substituents is 1. The van der Waals surface area contributed by atoms with Crippen molar-refractivity contribution >= 4 is 5.97 Å². The lowest BCUT2D eigenvalue weighted by Gasteiger charge is -2.15. The van der Waals surface area contributed by atoms with E-state index in [0.717, 1.165) is 6.07 Å². The van der Waals surface area contributed by atoms with Crippen molar-refractivity contribution in [2.75, 3.05) is 20.7 Å². The molecule has 106 valence electrons. The summed E-state index contributed by atoms with van der Waals surface area (Å²) in [6, 6.07) is 2.55. The zero-order valence-electron chi connectivity index (χ0n) is 11.2. The molecule has 0 aliphatic rings. The molecule has 1 unspecified atom stereocenters. The number of ether oxygens (including phenoxy) is 1. The standard InChI is InChI=1S/C13H18FNO4/c1-4-19-13(18)12(17)9-5-8(7-15(2)3)6-10(14)11(9)16/h5-6,12,16-17H,4,7H2,1-3H3. The first-order valence-corrected chi connectivity index (χ1v) is 5.87. The van der Waals surface area contributed by atoms with Crippen LogP contribution < -0.4 is 0 Å². The van der Waals surface area contributed by atoms with Crippen LogP contribution in [0.5, 0.6) is 5.75 Å². The van der Waals surface area contributed by atoms with E-state index >= 15 is 0 Å². The predicted molar refractivity (Wildman–Crippen MR) is 67.0 cm³/mol. The van der Waals surface area contributed by atoms with Gasteiger partial charge in [0.25, 0.3) is 0 Å². The van der Waals surface area contributed by atoms with Gasteiger partial charge >= 0.3 is 5.97 Å². The van der Waals surface area contributed by atoms with Crippen molar-refractivity contribution in [3.63, 3.8) is 0 Å². The number of aliphatic hydroxyl groups excluding tert-OH is 1. The number of esters is 1. The Balaban J connectivity index is 3.11. The van der Waals surface area contributed by atoms with E-state index in [1.807, 2.05) is 0 Å². The van der Waals surface area contributed by atoms with Gasteiger partial charge in [-0.2, -0.15) is 0 Å². The molecule has 6 heteroatoms. The van der Waals surface area contributed by atoms with Gasteiger partial charge in [0.05, 0.1) is 6.61 Å². The van der Waals surface area contributed by atoms with Crippen LogP contribution in [0.15, 0.2) is 12.1 Å². The number of carbonyl (C=O) groups is 1. The van der Waals surface area contributed by atoms with Gasteiger partial charge in [0.2, 0.25) is 0 Å². The van der Waals surface area contributed by atoms with Crippen LogP contribution in [-0.4, -0.2) is 41.8 Å². The molecule has 19 heavy (non-hydrogen) atoms. The van der Waals surface area contributed by atoms with E-state index < -0.39 is 23.6 Å². The lowest BCUT2D eigenvalue weighted by Crippen LogP contribution is -2.17. The molecule has 0 bridgehead atoms. The van der Waals surface area contributed by atoms with Gasteiger partial charge in [-0.05, 0) is 38.7 Å². The topological polar surface area (TPSA) is 70.0 Å². The number of benzene rings is 1. The Hall–Kier alpha value is -1.66. The quantitative estimate of drug-likeness (QED) is 0.787. The highest BCUT2D eigenvalue weighted by Crippen LogP contribution is 2.29. The third kappa shape index (κ3) is 3.90. The Morgan fingerprint density at radius 1 is 1.47 bits per heavy atom. The number of hydrogen-bond acceptors (Lipinski definition) is 5. The van der Waals surface area contributed by atoms with E-state index in [1.54, 1.807) is 25.9 Å². The fourth-order valence-electron chi connectivity index (χ4n) is 1.69. The molecule has 0 fully saturated rings. The lowest BCUT2D eigenvalue weighted by atomic mass is 10.0. The second-order valence-electron chi connectivity index (χ2n) is 4.41. The van der Waals surface area contributed by atoms with E-state index in [0.29, 0.717) is 12.1 Å². The molecule has 0 aliphatic heterocycles. The molecule has 0 heterocycles. The summed E-state index contributed by atoms with van der Waals surface area (Å²) in [5, 5.41) is 19.4. The number of phenols is 1. The molecule has 0 spiro atoms. The minimum Gasteiger partial charge on any atom is -0.505 e. The predicted octanol–water partition coefficient (Wildman–Crippen LogP) is 1.19. The Morgan fingerprint density at radius 3 is 2.63 bits per heavy atom. The zero-order valence-corrected chi connectivity index (χ0v) is 11.2. The summed E-state index contributed by atoms with van der Waals surface area (Å²) in [4.78, 5) is 13.2. The van der Waals surface area contributed by atoms with Gasteiger partial charge in [-0.1, -0.05) is 0 Å². The number of halogens is 1. The maximum Gasteiger partial charge on any atom is 0.339 e. The molecule has 0 saturated carbocycles. The van der Waals surface area contributed by atoms with Crippen molar-refractivity contribution in [1.29, 1.82) is 0 Å². The first-order valence-electron chi connectivity index (χ1n) is 5.87. The van der Waals surface area contributed by atoms with Crippen molar-refractivity contribution in [3.05, 3.63) is 29.1 Å². The van der Waals surface area contributed by atoms with Crippen molar-refractivity contribution in [2.45, 2.75) is 19.6 Å². The normalized spacial score (nSPS) is 12.5. The maximum absolute atomic E-state index is 13.6. The van der Waals surface area contributed by atoms with Gasteiger partial charge < -0.3 is 19.8 Å². The van der Waals surface area contributed by atoms with E-state index in [1.165, 1.54) is 6.07 Å². The summed E-state index contributed by atoms with van der Waals surface area (Å²) in [7, 11) is 3.60. The van der Waals surface area contributed by atoms with Crippen LogP contribution in [0.1, 0.15) is 24.2 Å². The molecule has 0 radical (unpaired) electrons. The zero-order chi connectivity index (χ0) is 14.6. The van der Waals surface area contributed by atoms with Gasteiger partial charge in [-0.3, -0.25) is 0 Å². The van der Waals surface area contributed by atoms with Crippen LogP contribution >= 0.6 is 0 Å². The van der Waals surface area contributed by atoms with E-state index in [-0.39, 0.29) is 12.2 Å². The van der Waals surface area contributed by atoms with Crippen molar-refractivity contribution in [1.82, 2.24) is 4.90 Å². The molecule has 0 amide bonds. The first kappa shape index (κ1) is 15.4. The molecule has 1 aromatic rings. The van der Waals surface area contributed by atoms with E-state index in [9.17, 15) is 19.4 Å². The van der Waals surface area contributed by atoms with Gasteiger partial charge in [0, 0.05) is 12.1 Å². The fraction of sp³-hybridized carbons (Fsp3) is 0.462. The summed E-state index contributed by atoms with van der Waals surface area (Å²) in [5.41, 5.74) is 0.356. The summed E-state index contributed by atoms with van der Waals surface area (Å²) in [6.45, 7) is 2.10. The minimum atomic E-state index is -1.70. The first-order chi connectivity index (χ1) is 8.86. The van der Waals surface area contributed by atoms with E-state index in [2.05, 4.69) is 4.74 Å². The van der Waals surface area contributed by atoms with Crippen LogP contribution in [0.3, 0.4) is 0 Å². The number of aliphatic hydroxyl groups is 1. The second kappa shape index (κ2) is 6.49. The Labute approximate surface area is 111 Å². The second-order valence-corrected chi connectivity index (χ2v) is 4.41. The molecule has 0 saturated heterocycles. The third-order valence-electron chi connectivity index (χ3n) is 2.46. The van der Waals surface area contributed by atoms with Crippen molar-refractivity contribution in [2.24, 2.45) is 0 Å². The Kier molecular flexibility index (Phi) is 5.26. The average molecular weight is 271 g/mol. The summed E-state index contributed by atoms with van der Waals surface area (Å²) >= 11 is 0. The highest BCUT2D eigenvalue weighted by atomic mass is 19.1. The molecule has 0 aromatic heterocycles. The molecular weight excluding hydrogens is 253 g/mol. The smallest absolute Gasteiger partial charge is 0.339 e. The van der Waals surface area contributed by atoms with Crippen LogP contribution in [0, 0.1) is 5.82 Å². The van der Waals surface area contributed by atoms with Gasteiger partial charge in [0.1, 0.15) is 0 Å². The molecule has 1 rings (SSSR count). The van der Waals surface area contributed by atoms with Gasteiger partial charge in [-0.25, -0.2) is 9.18 Å². The lowest BCUT2D eigenvalue weighted by molar-refractivity contribution is -0.153. The number of nitrogens with zero attached hydrogens (tertiary/aromatic N) is 1. The number of hydrogen-bond donors (Lipinski definition) is 2. The molecule has 0 aliphatic carbocycles. The molecule has 1 aromatic carbocycles. The molecular formula is C13H18FNO4. The highest BCUT2D eigenvalue weighted by Gasteiger charge is 2.24. The minimum absolute atomic E-state index is 0.0938. The fourth-order valence-corrected chi connectivity index (χ4v) is 1.69. The highest BCUT2D eigenvalue weighted by molar-refractivity contribution is 5.77. The number of aromatic hydroxyl groups is 1. The van der Waals surface area contributed by atoms with Crippen LogP contribution in [0.2, 0.25) is 0 Å². The van der Waals surface area contributed by atoms with Gasteiger partial charge in [-0.15, -0.1) is 0 Å². The average Bonchev–Trinajstić information content (AvgIpc) is 2.32. The van der Waals surface area contributed by atoms with E-state index in [4.69, 9.17) is 0 Å². The third-order valence-corrected chi connectivity index (χ3v) is 2.46. The van der Waals surface area contributed by atoms with Crippen LogP contribution in [0.25, 0.3) is 0 Å². The van der Waals surface area contributed by atoms with Crippen LogP contribution in [-0.2, 0) is 16.1 Å². The number of carbonyl (C=O) groups excluding carboxylic acids is 1. The largest absolute Gasteiger partial charge is 0.505 e. The molecule has 2 N–H and O–H groups in total. The Morgan fingerprint density at radius 2 is 2.11 bits per heavy atom. The Bertz CT molecular complexity index is 462. The van der Waals surface area contributed by atoms with Crippen molar-refractivity contribution < 1.29 is 24.1 Å². The monoisotopic (exact) mass is 271 g/mol.